The van der Waals surface area contributed by atoms with Gasteiger partial charge in [-0.3, -0.25) is 5.32 Å². The first kappa shape index (κ1) is 12.3. The van der Waals surface area contributed by atoms with Gasteiger partial charge in [0.15, 0.2) is 0 Å². The van der Waals surface area contributed by atoms with Crippen molar-refractivity contribution in [1.82, 2.24) is 14.9 Å². The van der Waals surface area contributed by atoms with Crippen molar-refractivity contribution in [2.45, 2.75) is 26.1 Å². The van der Waals surface area contributed by atoms with Crippen LogP contribution in [0.25, 0.3) is 0 Å². The summed E-state index contributed by atoms with van der Waals surface area (Å²) in [5, 5.41) is 12.5. The van der Waals surface area contributed by atoms with E-state index in [-0.39, 0.29) is 6.04 Å². The van der Waals surface area contributed by atoms with Crippen LogP contribution in [0.2, 0.25) is 0 Å². The minimum absolute atomic E-state index is 0.326. The highest BCUT2D eigenvalue weighted by Gasteiger charge is 2.13. The number of benzene rings is 1. The first-order valence-electron chi connectivity index (χ1n) is 6.02. The van der Waals surface area contributed by atoms with Gasteiger partial charge in [0.05, 0.1) is 24.3 Å². The second-order valence-corrected chi connectivity index (χ2v) is 4.03. The Labute approximate surface area is 107 Å². The standard InChI is InChI=1S/C14H16N4/c1-2-18-11-16-10-14(18)13(8-15)17-9-12-6-4-3-5-7-12/h3-7,10-11,13,17H,2,9H2,1H3. The van der Waals surface area contributed by atoms with E-state index < -0.39 is 0 Å². The molecule has 1 aromatic carbocycles. The van der Waals surface area contributed by atoms with Gasteiger partial charge < -0.3 is 4.57 Å². The van der Waals surface area contributed by atoms with Crippen molar-refractivity contribution in [1.29, 1.82) is 5.26 Å². The van der Waals surface area contributed by atoms with E-state index in [2.05, 4.69) is 16.4 Å². The minimum atomic E-state index is -0.326. The monoisotopic (exact) mass is 240 g/mol. The number of imidazole rings is 1. The summed E-state index contributed by atoms with van der Waals surface area (Å²) < 4.78 is 1.98. The van der Waals surface area contributed by atoms with E-state index in [1.807, 2.05) is 41.8 Å². The minimum Gasteiger partial charge on any atom is -0.333 e. The fraction of sp³-hybridized carbons (Fsp3) is 0.286. The van der Waals surface area contributed by atoms with Crippen LogP contribution < -0.4 is 5.32 Å². The molecule has 0 aliphatic heterocycles. The van der Waals surface area contributed by atoms with Gasteiger partial charge >= 0.3 is 0 Å². The molecule has 1 atom stereocenters. The molecule has 1 heterocycles. The van der Waals surface area contributed by atoms with E-state index in [0.29, 0.717) is 6.54 Å². The third kappa shape index (κ3) is 2.76. The molecule has 0 spiro atoms. The van der Waals surface area contributed by atoms with Gasteiger partial charge in [0.1, 0.15) is 6.04 Å². The van der Waals surface area contributed by atoms with E-state index >= 15 is 0 Å². The van der Waals surface area contributed by atoms with Crippen LogP contribution in [0.1, 0.15) is 24.2 Å². The summed E-state index contributed by atoms with van der Waals surface area (Å²) in [6, 6.07) is 12.0. The number of nitrogens with zero attached hydrogens (tertiary/aromatic N) is 3. The summed E-state index contributed by atoms with van der Waals surface area (Å²) in [5.41, 5.74) is 2.08. The maximum absolute atomic E-state index is 9.24. The van der Waals surface area contributed by atoms with Crippen molar-refractivity contribution in [3.8, 4) is 6.07 Å². The smallest absolute Gasteiger partial charge is 0.138 e. The Morgan fingerprint density at radius 3 is 2.83 bits per heavy atom. The molecule has 2 rings (SSSR count). The summed E-state index contributed by atoms with van der Waals surface area (Å²) in [6.45, 7) is 3.53. The summed E-state index contributed by atoms with van der Waals surface area (Å²) >= 11 is 0. The van der Waals surface area contributed by atoms with Gasteiger partial charge in [0.25, 0.3) is 0 Å². The number of nitrogens with one attached hydrogen (secondary N) is 1. The van der Waals surface area contributed by atoms with Crippen LogP contribution in [0.4, 0.5) is 0 Å². The normalized spacial score (nSPS) is 12.0. The molecule has 18 heavy (non-hydrogen) atoms. The lowest BCUT2D eigenvalue weighted by Crippen LogP contribution is -2.21. The number of hydrogen-bond donors (Lipinski definition) is 1. The molecule has 1 N–H and O–H groups in total. The zero-order valence-electron chi connectivity index (χ0n) is 10.4. The molecule has 0 aliphatic rings. The molecule has 2 aromatic rings. The highest BCUT2D eigenvalue weighted by Crippen LogP contribution is 2.12. The topological polar surface area (TPSA) is 53.6 Å². The van der Waals surface area contributed by atoms with Gasteiger partial charge in [0.2, 0.25) is 0 Å². The van der Waals surface area contributed by atoms with E-state index in [1.54, 1.807) is 12.5 Å². The van der Waals surface area contributed by atoms with Gasteiger partial charge in [-0.05, 0) is 12.5 Å². The Morgan fingerprint density at radius 2 is 2.17 bits per heavy atom. The molecule has 0 radical (unpaired) electrons. The Bertz CT molecular complexity index is 524. The molecule has 0 saturated heterocycles. The molecular formula is C14H16N4. The van der Waals surface area contributed by atoms with Gasteiger partial charge in [-0.1, -0.05) is 30.3 Å². The molecule has 92 valence electrons. The van der Waals surface area contributed by atoms with Crippen molar-refractivity contribution < 1.29 is 0 Å². The quantitative estimate of drug-likeness (QED) is 0.872. The second kappa shape index (κ2) is 5.99. The van der Waals surface area contributed by atoms with Crippen molar-refractivity contribution in [2.24, 2.45) is 0 Å². The van der Waals surface area contributed by atoms with Crippen LogP contribution in [0.5, 0.6) is 0 Å². The molecule has 0 amide bonds. The molecule has 1 aromatic heterocycles. The Hall–Kier alpha value is -2.12. The molecular weight excluding hydrogens is 224 g/mol. The zero-order chi connectivity index (χ0) is 12.8. The maximum atomic E-state index is 9.24. The van der Waals surface area contributed by atoms with Gasteiger partial charge in [-0.15, -0.1) is 0 Å². The number of aryl methyl sites for hydroxylation is 1. The first-order chi connectivity index (χ1) is 8.85. The van der Waals surface area contributed by atoms with Crippen LogP contribution in [-0.2, 0) is 13.1 Å². The highest BCUT2D eigenvalue weighted by atomic mass is 15.1. The van der Waals surface area contributed by atoms with Crippen LogP contribution in [0, 0.1) is 11.3 Å². The molecule has 0 aliphatic carbocycles. The van der Waals surface area contributed by atoms with Gasteiger partial charge in [-0.2, -0.15) is 5.26 Å². The fourth-order valence-electron chi connectivity index (χ4n) is 1.87. The summed E-state index contributed by atoms with van der Waals surface area (Å²) in [6.07, 6.45) is 3.50. The Morgan fingerprint density at radius 1 is 1.39 bits per heavy atom. The Kier molecular flexibility index (Phi) is 4.11. The largest absolute Gasteiger partial charge is 0.333 e. The molecule has 4 nitrogen and oxygen atoms in total. The highest BCUT2D eigenvalue weighted by molar-refractivity contribution is 5.17. The van der Waals surface area contributed by atoms with Crippen molar-refractivity contribution >= 4 is 0 Å². The van der Waals surface area contributed by atoms with Crippen molar-refractivity contribution in [3.05, 3.63) is 54.1 Å². The van der Waals surface area contributed by atoms with E-state index in [1.165, 1.54) is 5.56 Å². The second-order valence-electron chi connectivity index (χ2n) is 4.03. The van der Waals surface area contributed by atoms with Crippen LogP contribution in [0.15, 0.2) is 42.9 Å². The molecule has 0 saturated carbocycles. The molecule has 4 heteroatoms. The maximum Gasteiger partial charge on any atom is 0.138 e. The average Bonchev–Trinajstić information content (AvgIpc) is 2.89. The number of nitriles is 1. The lowest BCUT2D eigenvalue weighted by molar-refractivity contribution is 0.579. The van der Waals surface area contributed by atoms with E-state index in [4.69, 9.17) is 0 Å². The summed E-state index contributed by atoms with van der Waals surface area (Å²) in [4.78, 5) is 4.09. The molecule has 0 fully saturated rings. The van der Waals surface area contributed by atoms with Crippen LogP contribution >= 0.6 is 0 Å². The van der Waals surface area contributed by atoms with Gasteiger partial charge in [-0.25, -0.2) is 4.98 Å². The third-order valence-corrected chi connectivity index (χ3v) is 2.86. The summed E-state index contributed by atoms with van der Waals surface area (Å²) in [5.74, 6) is 0. The summed E-state index contributed by atoms with van der Waals surface area (Å²) in [7, 11) is 0. The van der Waals surface area contributed by atoms with Crippen LogP contribution in [-0.4, -0.2) is 9.55 Å². The van der Waals surface area contributed by atoms with Crippen molar-refractivity contribution in [2.75, 3.05) is 0 Å². The Balaban J connectivity index is 2.05. The average molecular weight is 240 g/mol. The predicted octanol–water partition coefficient (Wildman–Crippen LogP) is 2.26. The lowest BCUT2D eigenvalue weighted by Gasteiger charge is -2.13. The molecule has 1 unspecified atom stereocenters. The van der Waals surface area contributed by atoms with Crippen LogP contribution in [0.3, 0.4) is 0 Å². The van der Waals surface area contributed by atoms with Crippen molar-refractivity contribution in [3.63, 3.8) is 0 Å². The first-order valence-corrected chi connectivity index (χ1v) is 6.02. The van der Waals surface area contributed by atoms with E-state index in [0.717, 1.165) is 12.2 Å². The fourth-order valence-corrected chi connectivity index (χ4v) is 1.87. The number of hydrogen-bond acceptors (Lipinski definition) is 3. The van der Waals surface area contributed by atoms with E-state index in [9.17, 15) is 5.26 Å². The predicted molar refractivity (Wildman–Crippen MR) is 69.5 cm³/mol. The lowest BCUT2D eigenvalue weighted by atomic mass is 10.2. The zero-order valence-corrected chi connectivity index (χ0v) is 10.4. The van der Waals surface area contributed by atoms with Gasteiger partial charge in [0, 0.05) is 13.1 Å². The third-order valence-electron chi connectivity index (χ3n) is 2.86. The SMILES string of the molecule is CCn1cncc1C(C#N)NCc1ccccc1. The molecule has 0 bridgehead atoms. The number of aromatic nitrogens is 2. The number of rotatable bonds is 5.